The van der Waals surface area contributed by atoms with Crippen LogP contribution in [0.2, 0.25) is 0 Å². The third-order valence-corrected chi connectivity index (χ3v) is 6.42. The third kappa shape index (κ3) is 9.81. The van der Waals surface area contributed by atoms with Crippen molar-refractivity contribution in [3.05, 3.63) is 60.2 Å². The summed E-state index contributed by atoms with van der Waals surface area (Å²) in [4.78, 5) is 39.6. The molecule has 1 unspecified atom stereocenters. The number of benzene rings is 1. The molecule has 0 bridgehead atoms. The number of allylic oxidation sites excluding steroid dienone is 3. The number of rotatable bonds is 12. The predicted octanol–water partition coefficient (Wildman–Crippen LogP) is 5.70. The lowest BCUT2D eigenvalue weighted by atomic mass is 9.90. The highest BCUT2D eigenvalue weighted by Crippen LogP contribution is 2.36. The Bertz CT molecular complexity index is 832. The molecule has 6 heteroatoms. The van der Waals surface area contributed by atoms with Crippen LogP contribution in [0.25, 0.3) is 0 Å². The van der Waals surface area contributed by atoms with Crippen LogP contribution < -0.4 is 0 Å². The molecule has 3 rings (SSSR count). The quantitative estimate of drug-likeness (QED) is 0.234. The van der Waals surface area contributed by atoms with Gasteiger partial charge in [-0.3, -0.25) is 9.59 Å². The summed E-state index contributed by atoms with van der Waals surface area (Å²) in [5.41, 5.74) is 1.36. The minimum atomic E-state index is -0.552. The summed E-state index contributed by atoms with van der Waals surface area (Å²) in [7, 11) is 0. The van der Waals surface area contributed by atoms with E-state index in [1.54, 1.807) is 0 Å². The first-order chi connectivity index (χ1) is 17.0. The van der Waals surface area contributed by atoms with Crippen LogP contribution in [0.4, 0.5) is 0 Å². The molecule has 1 aromatic rings. The van der Waals surface area contributed by atoms with E-state index in [2.05, 4.69) is 48.6 Å². The number of hydrogen-bond acceptors (Lipinski definition) is 5. The van der Waals surface area contributed by atoms with Crippen molar-refractivity contribution < 1.29 is 24.3 Å². The smallest absolute Gasteiger partial charge is 0.333 e. The first-order valence-corrected chi connectivity index (χ1v) is 13.1. The Morgan fingerprint density at radius 1 is 1.00 bits per heavy atom. The molecule has 1 aliphatic heterocycles. The van der Waals surface area contributed by atoms with Gasteiger partial charge in [0.15, 0.2) is 0 Å². The van der Waals surface area contributed by atoms with Gasteiger partial charge in [-0.15, -0.1) is 5.06 Å². The lowest BCUT2D eigenvalue weighted by molar-refractivity contribution is -0.197. The van der Waals surface area contributed by atoms with Gasteiger partial charge in [0.1, 0.15) is 0 Å². The van der Waals surface area contributed by atoms with Crippen LogP contribution in [-0.4, -0.2) is 34.1 Å². The van der Waals surface area contributed by atoms with E-state index in [-0.39, 0.29) is 31.3 Å². The van der Waals surface area contributed by atoms with Crippen molar-refractivity contribution in [2.24, 2.45) is 11.8 Å². The van der Waals surface area contributed by atoms with Crippen molar-refractivity contribution in [3.8, 4) is 0 Å². The zero-order chi connectivity index (χ0) is 25.5. The number of hydrogen-bond donors (Lipinski definition) is 1. The average molecular weight is 484 g/mol. The van der Waals surface area contributed by atoms with Gasteiger partial charge in [0.25, 0.3) is 11.8 Å². The number of aryl methyl sites for hydroxylation is 1. The van der Waals surface area contributed by atoms with E-state index in [1.807, 2.05) is 19.9 Å². The molecule has 2 fully saturated rings. The molecule has 1 aliphatic carbocycles. The van der Waals surface area contributed by atoms with Gasteiger partial charge in [-0.2, -0.15) is 0 Å². The Kier molecular flexibility index (Phi) is 13.1. The molecule has 6 nitrogen and oxygen atoms in total. The average Bonchev–Trinajstić information content (AvgIpc) is 3.39. The molecular weight excluding hydrogens is 442 g/mol. The van der Waals surface area contributed by atoms with Crippen LogP contribution >= 0.6 is 0 Å². The maximum absolute atomic E-state index is 11.8. The van der Waals surface area contributed by atoms with Crippen LogP contribution in [-0.2, 0) is 25.6 Å². The van der Waals surface area contributed by atoms with Crippen molar-refractivity contribution in [1.82, 2.24) is 5.06 Å². The Morgan fingerprint density at radius 2 is 1.69 bits per heavy atom. The zero-order valence-corrected chi connectivity index (χ0v) is 21.2. The van der Waals surface area contributed by atoms with Gasteiger partial charge in [-0.1, -0.05) is 68.5 Å². The Labute approximate surface area is 210 Å². The number of aliphatic hydroxyl groups is 1. The lowest BCUT2D eigenvalue weighted by Crippen LogP contribution is -2.31. The van der Waals surface area contributed by atoms with E-state index in [0.29, 0.717) is 17.4 Å². The minimum absolute atomic E-state index is 0.106. The van der Waals surface area contributed by atoms with Crippen LogP contribution in [0, 0.1) is 11.8 Å². The monoisotopic (exact) mass is 483 g/mol. The summed E-state index contributed by atoms with van der Waals surface area (Å²) in [6, 6.07) is 10.5. The number of aliphatic hydroxyl groups excluding tert-OH is 1. The molecule has 3 atom stereocenters. The molecule has 1 saturated carbocycles. The van der Waals surface area contributed by atoms with Gasteiger partial charge in [0.2, 0.25) is 0 Å². The molecule has 1 saturated heterocycles. The molecule has 2 aliphatic rings. The molecule has 1 N–H and O–H groups in total. The summed E-state index contributed by atoms with van der Waals surface area (Å²) in [6.45, 7) is 4.00. The zero-order valence-electron chi connectivity index (χ0n) is 21.2. The van der Waals surface area contributed by atoms with Crippen molar-refractivity contribution in [2.45, 2.75) is 90.6 Å². The van der Waals surface area contributed by atoms with E-state index in [9.17, 15) is 19.5 Å². The van der Waals surface area contributed by atoms with Gasteiger partial charge >= 0.3 is 5.97 Å². The number of nitrogens with zero attached hydrogens (tertiary/aromatic N) is 1. The molecule has 35 heavy (non-hydrogen) atoms. The first kappa shape index (κ1) is 28.5. The van der Waals surface area contributed by atoms with Crippen LogP contribution in [0.15, 0.2) is 54.6 Å². The highest BCUT2D eigenvalue weighted by atomic mass is 16.7. The van der Waals surface area contributed by atoms with Gasteiger partial charge < -0.3 is 9.94 Å². The second-order valence-electron chi connectivity index (χ2n) is 8.93. The maximum Gasteiger partial charge on any atom is 0.333 e. The normalized spacial score (nSPS) is 22.1. The molecule has 1 aromatic carbocycles. The molecule has 2 amide bonds. The van der Waals surface area contributed by atoms with E-state index in [0.717, 1.165) is 44.9 Å². The van der Waals surface area contributed by atoms with Crippen molar-refractivity contribution in [3.63, 3.8) is 0 Å². The summed E-state index contributed by atoms with van der Waals surface area (Å²) < 4.78 is 0. The number of hydroxylamine groups is 2. The van der Waals surface area contributed by atoms with Crippen molar-refractivity contribution >= 4 is 17.8 Å². The molecular formula is C29H41NO5. The van der Waals surface area contributed by atoms with Crippen LogP contribution in [0.1, 0.15) is 83.6 Å². The Balaban J connectivity index is 0.00000210. The summed E-state index contributed by atoms with van der Waals surface area (Å²) in [5, 5.41) is 11.0. The molecule has 192 valence electrons. The predicted molar refractivity (Wildman–Crippen MR) is 137 cm³/mol. The van der Waals surface area contributed by atoms with E-state index in [4.69, 9.17) is 4.84 Å². The topological polar surface area (TPSA) is 83.9 Å². The van der Waals surface area contributed by atoms with E-state index >= 15 is 0 Å². The van der Waals surface area contributed by atoms with Crippen LogP contribution in [0.5, 0.6) is 0 Å². The number of imide groups is 1. The highest BCUT2D eigenvalue weighted by Gasteiger charge is 2.33. The second-order valence-corrected chi connectivity index (χ2v) is 8.93. The fraction of sp³-hybridized carbons (Fsp3) is 0.552. The number of carbonyl (C=O) groups excluding carboxylic acids is 3. The number of unbranched alkanes of at least 4 members (excludes halogenated alkanes) is 2. The van der Waals surface area contributed by atoms with Gasteiger partial charge in [-0.05, 0) is 62.8 Å². The third-order valence-electron chi connectivity index (χ3n) is 6.42. The Hall–Kier alpha value is -2.73. The fourth-order valence-electron chi connectivity index (χ4n) is 4.52. The number of amides is 2. The SMILES string of the molecule is CC.O=C(CCC/C=C\C[C@H]1CC[C@@H](O)C1/C=C/CCCc1ccccc1)ON1C(=O)CCC1=O. The van der Waals surface area contributed by atoms with Crippen LogP contribution in [0.3, 0.4) is 0 Å². The second kappa shape index (κ2) is 16.0. The summed E-state index contributed by atoms with van der Waals surface area (Å²) >= 11 is 0. The van der Waals surface area contributed by atoms with Gasteiger partial charge in [0, 0.05) is 25.2 Å². The fourth-order valence-corrected chi connectivity index (χ4v) is 4.52. The molecule has 0 aromatic heterocycles. The lowest BCUT2D eigenvalue weighted by Gasteiger charge is -2.17. The molecule has 0 spiro atoms. The standard InChI is InChI=1S/C27H35NO5.C2H6/c29-24-18-17-22(23(24)15-9-4-7-13-21-11-5-3-6-12-21)14-8-1-2-10-16-27(32)33-28-25(30)19-20-26(28)31;1-2/h1,3,5-6,8-9,11-12,15,22-24,29H,2,4,7,10,13-14,16-20H2;1-2H3/b8-1-,15-9+;/t22-,23?,24+;/m0./s1. The number of carbonyl (C=O) groups is 3. The maximum atomic E-state index is 11.8. The largest absolute Gasteiger partial charge is 0.393 e. The van der Waals surface area contributed by atoms with Gasteiger partial charge in [-0.25, -0.2) is 4.79 Å². The van der Waals surface area contributed by atoms with Gasteiger partial charge in [0.05, 0.1) is 6.10 Å². The molecule has 0 radical (unpaired) electrons. The Morgan fingerprint density at radius 3 is 2.40 bits per heavy atom. The highest BCUT2D eigenvalue weighted by molar-refractivity contribution is 6.01. The molecule has 1 heterocycles. The van der Waals surface area contributed by atoms with E-state index in [1.165, 1.54) is 5.56 Å². The first-order valence-electron chi connectivity index (χ1n) is 13.1. The van der Waals surface area contributed by atoms with Crippen molar-refractivity contribution in [2.75, 3.05) is 0 Å². The van der Waals surface area contributed by atoms with Crippen molar-refractivity contribution in [1.29, 1.82) is 0 Å². The minimum Gasteiger partial charge on any atom is -0.393 e. The summed E-state index contributed by atoms with van der Waals surface area (Å²) in [5.74, 6) is -0.808. The van der Waals surface area contributed by atoms with E-state index < -0.39 is 17.8 Å². The summed E-state index contributed by atoms with van der Waals surface area (Å²) in [6.07, 6.45) is 16.0.